The number of ether oxygens (including phenoxy) is 1. The van der Waals surface area contributed by atoms with Gasteiger partial charge in [0.25, 0.3) is 0 Å². The average molecular weight is 280 g/mol. The number of aryl methyl sites for hydroxylation is 1. The predicted octanol–water partition coefficient (Wildman–Crippen LogP) is 3.71. The van der Waals surface area contributed by atoms with Crippen LogP contribution in [0.1, 0.15) is 28.4 Å². The van der Waals surface area contributed by atoms with Gasteiger partial charge in [-0.15, -0.1) is 0 Å². The van der Waals surface area contributed by atoms with Crippen LogP contribution in [-0.2, 0) is 4.79 Å². The van der Waals surface area contributed by atoms with Crippen LogP contribution < -0.4 is 4.74 Å². The summed E-state index contributed by atoms with van der Waals surface area (Å²) in [5.41, 5.74) is 2.56. The molecule has 21 heavy (non-hydrogen) atoms. The van der Waals surface area contributed by atoms with Crippen LogP contribution in [-0.4, -0.2) is 11.8 Å². The van der Waals surface area contributed by atoms with E-state index in [9.17, 15) is 9.59 Å². The lowest BCUT2D eigenvalue weighted by atomic mass is 10.0. The van der Waals surface area contributed by atoms with Gasteiger partial charge in [-0.3, -0.25) is 4.79 Å². The van der Waals surface area contributed by atoms with E-state index in [1.807, 2.05) is 25.1 Å². The third-order valence-corrected chi connectivity index (χ3v) is 2.96. The molecule has 0 aliphatic heterocycles. The van der Waals surface area contributed by atoms with Gasteiger partial charge in [0, 0.05) is 16.7 Å². The van der Waals surface area contributed by atoms with Crippen molar-refractivity contribution in [2.24, 2.45) is 0 Å². The minimum absolute atomic E-state index is 0.0588. The van der Waals surface area contributed by atoms with E-state index in [-0.39, 0.29) is 5.78 Å². The quantitative estimate of drug-likeness (QED) is 0.371. The smallest absolute Gasteiger partial charge is 0.338 e. The second kappa shape index (κ2) is 6.18. The lowest BCUT2D eigenvalue weighted by Crippen LogP contribution is -2.08. The van der Waals surface area contributed by atoms with Crippen molar-refractivity contribution in [1.29, 1.82) is 0 Å². The van der Waals surface area contributed by atoms with Gasteiger partial charge in [-0.2, -0.15) is 0 Å². The van der Waals surface area contributed by atoms with Crippen LogP contribution in [0.25, 0.3) is 0 Å². The highest BCUT2D eigenvalue weighted by Gasteiger charge is 2.10. The molecule has 2 rings (SSSR count). The first kappa shape index (κ1) is 14.7. The Hall–Kier alpha value is -2.68. The summed E-state index contributed by atoms with van der Waals surface area (Å²) in [5, 5.41) is 0. The summed E-state index contributed by atoms with van der Waals surface area (Å²) in [6.45, 7) is 7.04. The number of ketones is 1. The standard InChI is InChI=1S/C18H16O3/c1-12(2)18(20)21-16-9-7-14(8-10-16)17(19)15-6-4-5-13(3)11-15/h4-11H,1H2,2-3H3. The first-order valence-electron chi connectivity index (χ1n) is 6.56. The van der Waals surface area contributed by atoms with Gasteiger partial charge in [0.15, 0.2) is 5.78 Å². The van der Waals surface area contributed by atoms with Crippen LogP contribution in [0.15, 0.2) is 60.7 Å². The van der Waals surface area contributed by atoms with Gasteiger partial charge >= 0.3 is 5.97 Å². The molecule has 0 aromatic heterocycles. The van der Waals surface area contributed by atoms with Gasteiger partial charge < -0.3 is 4.74 Å². The molecule has 0 aliphatic rings. The molecule has 0 amide bonds. The Balaban J connectivity index is 2.17. The molecule has 0 N–H and O–H groups in total. The van der Waals surface area contributed by atoms with Gasteiger partial charge in [0.05, 0.1) is 0 Å². The molecule has 3 nitrogen and oxygen atoms in total. The van der Waals surface area contributed by atoms with Crippen molar-refractivity contribution < 1.29 is 14.3 Å². The van der Waals surface area contributed by atoms with Crippen molar-refractivity contribution in [3.05, 3.63) is 77.4 Å². The number of esters is 1. The van der Waals surface area contributed by atoms with Crippen LogP contribution >= 0.6 is 0 Å². The lowest BCUT2D eigenvalue weighted by Gasteiger charge is -2.05. The fourth-order valence-corrected chi connectivity index (χ4v) is 1.82. The molecule has 0 unspecified atom stereocenters. The van der Waals surface area contributed by atoms with Gasteiger partial charge in [-0.1, -0.05) is 30.3 Å². The van der Waals surface area contributed by atoms with E-state index in [0.717, 1.165) is 5.56 Å². The monoisotopic (exact) mass is 280 g/mol. The highest BCUT2D eigenvalue weighted by Crippen LogP contribution is 2.17. The van der Waals surface area contributed by atoms with E-state index in [0.29, 0.717) is 22.4 Å². The largest absolute Gasteiger partial charge is 0.423 e. The minimum atomic E-state index is -0.479. The van der Waals surface area contributed by atoms with Crippen LogP contribution in [0, 0.1) is 6.92 Å². The first-order chi connectivity index (χ1) is 9.97. The highest BCUT2D eigenvalue weighted by atomic mass is 16.5. The summed E-state index contributed by atoms with van der Waals surface area (Å²) in [6, 6.07) is 13.9. The van der Waals surface area contributed by atoms with Crippen LogP contribution in [0.5, 0.6) is 5.75 Å². The molecule has 0 radical (unpaired) electrons. The maximum Gasteiger partial charge on any atom is 0.338 e. The number of benzene rings is 2. The Morgan fingerprint density at radius 1 is 1.00 bits per heavy atom. The topological polar surface area (TPSA) is 43.4 Å². The molecule has 0 spiro atoms. The van der Waals surface area contributed by atoms with E-state index in [1.54, 1.807) is 37.3 Å². The maximum absolute atomic E-state index is 12.3. The Labute approximate surface area is 123 Å². The van der Waals surface area contributed by atoms with Gasteiger partial charge in [0.1, 0.15) is 5.75 Å². The normalized spacial score (nSPS) is 10.0. The van der Waals surface area contributed by atoms with Crippen molar-refractivity contribution in [2.75, 3.05) is 0 Å². The molecule has 3 heteroatoms. The third-order valence-electron chi connectivity index (χ3n) is 2.96. The fourth-order valence-electron chi connectivity index (χ4n) is 1.82. The van der Waals surface area contributed by atoms with Crippen LogP contribution in [0.2, 0.25) is 0 Å². The average Bonchev–Trinajstić information content (AvgIpc) is 2.47. The summed E-state index contributed by atoms with van der Waals surface area (Å²) >= 11 is 0. The zero-order chi connectivity index (χ0) is 15.4. The molecule has 0 bridgehead atoms. The number of hydrogen-bond donors (Lipinski definition) is 0. The molecule has 0 saturated carbocycles. The predicted molar refractivity (Wildman–Crippen MR) is 81.5 cm³/mol. The fraction of sp³-hybridized carbons (Fsp3) is 0.111. The van der Waals surface area contributed by atoms with Gasteiger partial charge in [-0.05, 0) is 44.2 Å². The van der Waals surface area contributed by atoms with Crippen molar-refractivity contribution in [2.45, 2.75) is 13.8 Å². The zero-order valence-corrected chi connectivity index (χ0v) is 12.1. The van der Waals surface area contributed by atoms with E-state index >= 15 is 0 Å². The Kier molecular flexibility index (Phi) is 4.33. The summed E-state index contributed by atoms with van der Waals surface area (Å²) in [7, 11) is 0. The van der Waals surface area contributed by atoms with Crippen molar-refractivity contribution in [3.8, 4) is 5.75 Å². The SMILES string of the molecule is C=C(C)C(=O)Oc1ccc(C(=O)c2cccc(C)c2)cc1. The van der Waals surface area contributed by atoms with Crippen molar-refractivity contribution in [1.82, 2.24) is 0 Å². The maximum atomic E-state index is 12.3. The highest BCUT2D eigenvalue weighted by molar-refractivity contribution is 6.09. The van der Waals surface area contributed by atoms with Crippen LogP contribution in [0.3, 0.4) is 0 Å². The molecule has 106 valence electrons. The Morgan fingerprint density at radius 2 is 1.67 bits per heavy atom. The second-order valence-corrected chi connectivity index (χ2v) is 4.89. The number of hydrogen-bond acceptors (Lipinski definition) is 3. The third kappa shape index (κ3) is 3.66. The molecule has 0 fully saturated rings. The minimum Gasteiger partial charge on any atom is -0.423 e. The number of rotatable bonds is 4. The van der Waals surface area contributed by atoms with Gasteiger partial charge in [-0.25, -0.2) is 4.79 Å². The van der Waals surface area contributed by atoms with E-state index in [4.69, 9.17) is 4.74 Å². The molecule has 0 atom stereocenters. The summed E-state index contributed by atoms with van der Waals surface area (Å²) in [4.78, 5) is 23.7. The molecule has 0 saturated heterocycles. The molecule has 0 heterocycles. The Morgan fingerprint density at radius 3 is 2.24 bits per heavy atom. The molecular weight excluding hydrogens is 264 g/mol. The first-order valence-corrected chi connectivity index (χ1v) is 6.56. The molecule has 0 aliphatic carbocycles. The Bertz CT molecular complexity index is 697. The molecular formula is C18H16O3. The van der Waals surface area contributed by atoms with Crippen molar-refractivity contribution in [3.63, 3.8) is 0 Å². The van der Waals surface area contributed by atoms with Gasteiger partial charge in [0.2, 0.25) is 0 Å². The zero-order valence-electron chi connectivity index (χ0n) is 12.1. The van der Waals surface area contributed by atoms with E-state index in [1.165, 1.54) is 0 Å². The van der Waals surface area contributed by atoms with Crippen LogP contribution in [0.4, 0.5) is 0 Å². The van der Waals surface area contributed by atoms with E-state index < -0.39 is 5.97 Å². The van der Waals surface area contributed by atoms with E-state index in [2.05, 4.69) is 6.58 Å². The molecule has 2 aromatic carbocycles. The summed E-state index contributed by atoms with van der Waals surface area (Å²) in [5.74, 6) is -0.145. The van der Waals surface area contributed by atoms with Crippen molar-refractivity contribution >= 4 is 11.8 Å². The molecule has 2 aromatic rings. The summed E-state index contributed by atoms with van der Waals surface area (Å²) in [6.07, 6.45) is 0. The summed E-state index contributed by atoms with van der Waals surface area (Å²) < 4.78 is 5.09. The number of carbonyl (C=O) groups is 2. The lowest BCUT2D eigenvalue weighted by molar-refractivity contribution is -0.130. The number of carbonyl (C=O) groups excluding carboxylic acids is 2. The second-order valence-electron chi connectivity index (χ2n) is 4.89.